The molecule has 0 radical (unpaired) electrons. The number of carbonyl (C=O) groups excluding carboxylic acids is 1. The van der Waals surface area contributed by atoms with Crippen LogP contribution >= 0.6 is 0 Å². The van der Waals surface area contributed by atoms with Gasteiger partial charge in [-0.05, 0) is 20.5 Å². The van der Waals surface area contributed by atoms with Crippen LogP contribution in [0.25, 0.3) is 0 Å². The van der Waals surface area contributed by atoms with Crippen LogP contribution in [0.2, 0.25) is 0 Å². The van der Waals surface area contributed by atoms with Crippen molar-refractivity contribution < 1.29 is 13.2 Å². The lowest BCUT2D eigenvalue weighted by Crippen LogP contribution is -2.42. The molecule has 0 atom stereocenters. The third kappa shape index (κ3) is 8.12. The van der Waals surface area contributed by atoms with Gasteiger partial charge in [0, 0.05) is 19.6 Å². The van der Waals surface area contributed by atoms with Gasteiger partial charge in [-0.3, -0.25) is 4.79 Å². The molecule has 0 unspecified atom stereocenters. The lowest BCUT2D eigenvalue weighted by molar-refractivity contribution is -0.121. The van der Waals surface area contributed by atoms with Gasteiger partial charge in [-0.25, -0.2) is 8.42 Å². The van der Waals surface area contributed by atoms with E-state index in [2.05, 4.69) is 5.32 Å². The fourth-order valence-electron chi connectivity index (χ4n) is 1.25. The maximum absolute atomic E-state index is 11.5. The minimum atomic E-state index is -3.30. The van der Waals surface area contributed by atoms with Crippen molar-refractivity contribution in [2.45, 2.75) is 13.3 Å². The van der Waals surface area contributed by atoms with Crippen molar-refractivity contribution in [1.29, 1.82) is 0 Å². The average Bonchev–Trinajstić information content (AvgIpc) is 2.15. The van der Waals surface area contributed by atoms with E-state index in [1.807, 2.05) is 25.9 Å². The SMILES string of the molecule is CCCN(CC(=O)NCCN(C)C)S(C)(=O)=O. The lowest BCUT2D eigenvalue weighted by Gasteiger charge is -2.19. The van der Waals surface area contributed by atoms with Gasteiger partial charge in [0.1, 0.15) is 0 Å². The van der Waals surface area contributed by atoms with Crippen molar-refractivity contribution in [2.24, 2.45) is 0 Å². The zero-order valence-electron chi connectivity index (χ0n) is 11.1. The molecule has 1 amide bonds. The second kappa shape index (κ2) is 7.62. The molecule has 1 N–H and O–H groups in total. The first-order valence-electron chi connectivity index (χ1n) is 5.64. The molecular weight excluding hydrogens is 242 g/mol. The van der Waals surface area contributed by atoms with E-state index in [9.17, 15) is 13.2 Å². The molecule has 102 valence electrons. The topological polar surface area (TPSA) is 69.7 Å². The van der Waals surface area contributed by atoms with Gasteiger partial charge in [0.2, 0.25) is 15.9 Å². The summed E-state index contributed by atoms with van der Waals surface area (Å²) >= 11 is 0. The van der Waals surface area contributed by atoms with E-state index < -0.39 is 10.0 Å². The molecule has 0 spiro atoms. The summed E-state index contributed by atoms with van der Waals surface area (Å²) < 4.78 is 23.9. The van der Waals surface area contributed by atoms with Crippen LogP contribution in [0.3, 0.4) is 0 Å². The predicted octanol–water partition coefficient (Wildman–Crippen LogP) is -0.664. The number of amides is 1. The third-order valence-electron chi connectivity index (χ3n) is 2.14. The Balaban J connectivity index is 4.14. The molecule has 0 saturated carbocycles. The molecule has 0 aliphatic rings. The Hall–Kier alpha value is -0.660. The summed E-state index contributed by atoms with van der Waals surface area (Å²) in [6.45, 7) is 3.41. The quantitative estimate of drug-likeness (QED) is 0.632. The van der Waals surface area contributed by atoms with Crippen molar-refractivity contribution >= 4 is 15.9 Å². The summed E-state index contributed by atoms with van der Waals surface area (Å²) in [5, 5.41) is 2.69. The van der Waals surface area contributed by atoms with Crippen LogP contribution in [0.1, 0.15) is 13.3 Å². The third-order valence-corrected chi connectivity index (χ3v) is 3.39. The van der Waals surface area contributed by atoms with Crippen molar-refractivity contribution in [2.75, 3.05) is 46.5 Å². The second-order valence-electron chi connectivity index (χ2n) is 4.25. The number of likely N-dealkylation sites (N-methyl/N-ethyl adjacent to an activating group) is 1. The van der Waals surface area contributed by atoms with Gasteiger partial charge < -0.3 is 10.2 Å². The molecule has 0 aromatic heterocycles. The summed E-state index contributed by atoms with van der Waals surface area (Å²) in [6, 6.07) is 0. The fraction of sp³-hybridized carbons (Fsp3) is 0.900. The van der Waals surface area contributed by atoms with Gasteiger partial charge in [-0.1, -0.05) is 6.92 Å². The number of nitrogens with one attached hydrogen (secondary N) is 1. The van der Waals surface area contributed by atoms with Crippen molar-refractivity contribution in [3.8, 4) is 0 Å². The number of rotatable bonds is 8. The number of hydrogen-bond donors (Lipinski definition) is 1. The zero-order chi connectivity index (χ0) is 13.5. The number of nitrogens with zero attached hydrogens (tertiary/aromatic N) is 2. The monoisotopic (exact) mass is 265 g/mol. The zero-order valence-corrected chi connectivity index (χ0v) is 11.9. The highest BCUT2D eigenvalue weighted by molar-refractivity contribution is 7.88. The van der Waals surface area contributed by atoms with E-state index in [1.165, 1.54) is 4.31 Å². The molecule has 0 aromatic rings. The molecule has 0 heterocycles. The van der Waals surface area contributed by atoms with Crippen LogP contribution in [0, 0.1) is 0 Å². The Kier molecular flexibility index (Phi) is 7.33. The smallest absolute Gasteiger partial charge is 0.235 e. The standard InChI is InChI=1S/C10H23N3O3S/c1-5-7-13(17(4,15)16)9-10(14)11-6-8-12(2)3/h5-9H2,1-4H3,(H,11,14). The van der Waals surface area contributed by atoms with Crippen LogP contribution in [0.5, 0.6) is 0 Å². The molecule has 0 bridgehead atoms. The van der Waals surface area contributed by atoms with Gasteiger partial charge in [-0.15, -0.1) is 0 Å². The highest BCUT2D eigenvalue weighted by atomic mass is 32.2. The first kappa shape index (κ1) is 16.3. The summed E-state index contributed by atoms with van der Waals surface area (Å²) in [6.07, 6.45) is 1.81. The fourth-order valence-corrected chi connectivity index (χ4v) is 2.11. The Morgan fingerprint density at radius 2 is 1.82 bits per heavy atom. The van der Waals surface area contributed by atoms with Gasteiger partial charge in [0.25, 0.3) is 0 Å². The van der Waals surface area contributed by atoms with Crippen LogP contribution in [0.4, 0.5) is 0 Å². The highest BCUT2D eigenvalue weighted by Crippen LogP contribution is 1.98. The van der Waals surface area contributed by atoms with E-state index in [-0.39, 0.29) is 12.5 Å². The predicted molar refractivity (Wildman–Crippen MR) is 68.3 cm³/mol. The second-order valence-corrected chi connectivity index (χ2v) is 6.23. The first-order valence-corrected chi connectivity index (χ1v) is 7.48. The van der Waals surface area contributed by atoms with Crippen LogP contribution in [-0.4, -0.2) is 70.1 Å². The molecule has 0 aliphatic carbocycles. The maximum Gasteiger partial charge on any atom is 0.235 e. The maximum atomic E-state index is 11.5. The van der Waals surface area contributed by atoms with E-state index in [4.69, 9.17) is 0 Å². The number of hydrogen-bond acceptors (Lipinski definition) is 4. The summed E-state index contributed by atoms with van der Waals surface area (Å²) in [5.41, 5.74) is 0. The average molecular weight is 265 g/mol. The van der Waals surface area contributed by atoms with Crippen molar-refractivity contribution in [3.63, 3.8) is 0 Å². The van der Waals surface area contributed by atoms with E-state index >= 15 is 0 Å². The van der Waals surface area contributed by atoms with Gasteiger partial charge >= 0.3 is 0 Å². The molecule has 7 heteroatoms. The molecule has 17 heavy (non-hydrogen) atoms. The molecule has 0 rings (SSSR count). The van der Waals surface area contributed by atoms with Crippen LogP contribution < -0.4 is 5.32 Å². The molecule has 0 fully saturated rings. The van der Waals surface area contributed by atoms with Crippen LogP contribution in [-0.2, 0) is 14.8 Å². The van der Waals surface area contributed by atoms with E-state index in [1.54, 1.807) is 0 Å². The Morgan fingerprint density at radius 3 is 2.24 bits per heavy atom. The molecule has 0 aromatic carbocycles. The number of sulfonamides is 1. The van der Waals surface area contributed by atoms with Gasteiger partial charge in [0.15, 0.2) is 0 Å². The number of carbonyl (C=O) groups is 1. The van der Waals surface area contributed by atoms with E-state index in [0.717, 1.165) is 12.8 Å². The van der Waals surface area contributed by atoms with Crippen molar-refractivity contribution in [3.05, 3.63) is 0 Å². The Morgan fingerprint density at radius 1 is 1.24 bits per heavy atom. The highest BCUT2D eigenvalue weighted by Gasteiger charge is 2.18. The van der Waals surface area contributed by atoms with Gasteiger partial charge in [0.05, 0.1) is 12.8 Å². The summed E-state index contributed by atoms with van der Waals surface area (Å²) in [5.74, 6) is -0.259. The Bertz CT molecular complexity index is 328. The lowest BCUT2D eigenvalue weighted by atomic mass is 10.4. The molecule has 0 aliphatic heterocycles. The summed E-state index contributed by atoms with van der Waals surface area (Å²) in [7, 11) is 0.516. The van der Waals surface area contributed by atoms with E-state index in [0.29, 0.717) is 19.5 Å². The summed E-state index contributed by atoms with van der Waals surface area (Å²) in [4.78, 5) is 13.5. The van der Waals surface area contributed by atoms with Crippen LogP contribution in [0.15, 0.2) is 0 Å². The molecule has 6 nitrogen and oxygen atoms in total. The first-order chi connectivity index (χ1) is 7.77. The Labute approximate surface area is 104 Å². The minimum Gasteiger partial charge on any atom is -0.354 e. The minimum absolute atomic E-state index is 0.0971. The normalized spacial score (nSPS) is 12.1. The van der Waals surface area contributed by atoms with Crippen molar-refractivity contribution in [1.82, 2.24) is 14.5 Å². The molecular formula is C10H23N3O3S. The molecule has 0 saturated heterocycles. The largest absolute Gasteiger partial charge is 0.354 e. The van der Waals surface area contributed by atoms with Gasteiger partial charge in [-0.2, -0.15) is 4.31 Å².